The van der Waals surface area contributed by atoms with E-state index in [2.05, 4.69) is 21.2 Å². The van der Waals surface area contributed by atoms with Crippen LogP contribution in [0.15, 0.2) is 22.7 Å². The number of hydrogen-bond donors (Lipinski definition) is 1. The number of hydrogen-bond acceptors (Lipinski definition) is 1. The quantitative estimate of drug-likeness (QED) is 0.820. The van der Waals surface area contributed by atoms with Gasteiger partial charge in [-0.2, -0.15) is 0 Å². The van der Waals surface area contributed by atoms with Crippen LogP contribution in [-0.2, 0) is 0 Å². The predicted molar refractivity (Wildman–Crippen MR) is 63.3 cm³/mol. The summed E-state index contributed by atoms with van der Waals surface area (Å²) < 4.78 is 14.6. The van der Waals surface area contributed by atoms with E-state index in [1.807, 2.05) is 6.07 Å². The fourth-order valence-electron chi connectivity index (χ4n) is 2.08. The van der Waals surface area contributed by atoms with Crippen molar-refractivity contribution in [2.75, 3.05) is 6.54 Å². The van der Waals surface area contributed by atoms with Crippen molar-refractivity contribution < 1.29 is 4.39 Å². The highest BCUT2D eigenvalue weighted by Crippen LogP contribution is 2.27. The molecule has 0 aliphatic carbocycles. The van der Waals surface area contributed by atoms with Crippen LogP contribution in [0.1, 0.15) is 37.3 Å². The molecule has 1 unspecified atom stereocenters. The zero-order valence-electron chi connectivity index (χ0n) is 8.60. The fraction of sp³-hybridized carbons (Fsp3) is 0.500. The zero-order valence-corrected chi connectivity index (χ0v) is 10.2. The van der Waals surface area contributed by atoms with E-state index in [4.69, 9.17) is 0 Å². The Labute approximate surface area is 98.2 Å². The number of halogens is 2. The number of rotatable bonds is 1. The Morgan fingerprint density at radius 3 is 3.00 bits per heavy atom. The molecule has 3 heteroatoms. The summed E-state index contributed by atoms with van der Waals surface area (Å²) in [6, 6.07) is 5.35. The highest BCUT2D eigenvalue weighted by atomic mass is 79.9. The van der Waals surface area contributed by atoms with Crippen LogP contribution in [0.25, 0.3) is 0 Å². The summed E-state index contributed by atoms with van der Waals surface area (Å²) >= 11 is 3.39. The Morgan fingerprint density at radius 2 is 2.13 bits per heavy atom. The second-order valence-electron chi connectivity index (χ2n) is 4.02. The number of benzene rings is 1. The van der Waals surface area contributed by atoms with Crippen molar-refractivity contribution in [2.45, 2.75) is 31.7 Å². The summed E-state index contributed by atoms with van der Waals surface area (Å²) in [5.74, 6) is -0.0994. The molecule has 0 bridgehead atoms. The molecule has 1 saturated heterocycles. The summed E-state index contributed by atoms with van der Waals surface area (Å²) in [6.07, 6.45) is 4.67. The van der Waals surface area contributed by atoms with Crippen molar-refractivity contribution in [3.63, 3.8) is 0 Å². The van der Waals surface area contributed by atoms with Crippen LogP contribution in [0.4, 0.5) is 4.39 Å². The average Bonchev–Trinajstić information content (AvgIpc) is 2.50. The van der Waals surface area contributed by atoms with E-state index in [0.717, 1.165) is 23.0 Å². The maximum Gasteiger partial charge on any atom is 0.128 e. The van der Waals surface area contributed by atoms with E-state index in [1.54, 1.807) is 6.07 Å². The fourth-order valence-corrected chi connectivity index (χ4v) is 2.45. The summed E-state index contributed by atoms with van der Waals surface area (Å²) in [5.41, 5.74) is 0.797. The highest BCUT2D eigenvalue weighted by Gasteiger charge is 2.17. The molecule has 0 saturated carbocycles. The molecule has 15 heavy (non-hydrogen) atoms. The zero-order chi connectivity index (χ0) is 10.7. The molecule has 2 rings (SSSR count). The van der Waals surface area contributed by atoms with Gasteiger partial charge in [0.1, 0.15) is 5.82 Å². The van der Waals surface area contributed by atoms with Crippen molar-refractivity contribution in [3.8, 4) is 0 Å². The van der Waals surface area contributed by atoms with Gasteiger partial charge in [-0.15, -0.1) is 0 Å². The van der Waals surface area contributed by atoms with Crippen LogP contribution in [-0.4, -0.2) is 6.54 Å². The average molecular weight is 272 g/mol. The van der Waals surface area contributed by atoms with Gasteiger partial charge in [-0.3, -0.25) is 0 Å². The van der Waals surface area contributed by atoms with Gasteiger partial charge >= 0.3 is 0 Å². The van der Waals surface area contributed by atoms with Gasteiger partial charge in [0.05, 0.1) is 0 Å². The molecule has 1 fully saturated rings. The van der Waals surface area contributed by atoms with Crippen molar-refractivity contribution in [3.05, 3.63) is 34.1 Å². The lowest BCUT2D eigenvalue weighted by molar-refractivity contribution is 0.498. The summed E-state index contributed by atoms with van der Waals surface area (Å²) in [4.78, 5) is 0. The SMILES string of the molecule is Fc1ccc(Br)cc1C1CCCCCN1. The Kier molecular flexibility index (Phi) is 3.76. The smallest absolute Gasteiger partial charge is 0.128 e. The lowest BCUT2D eigenvalue weighted by Crippen LogP contribution is -2.21. The van der Waals surface area contributed by atoms with Gasteiger partial charge in [-0.1, -0.05) is 28.8 Å². The minimum absolute atomic E-state index is 0.0994. The first-order chi connectivity index (χ1) is 7.27. The Hall–Kier alpha value is -0.410. The highest BCUT2D eigenvalue weighted by molar-refractivity contribution is 9.10. The van der Waals surface area contributed by atoms with Crippen LogP contribution in [0.5, 0.6) is 0 Å². The molecule has 0 aromatic heterocycles. The van der Waals surface area contributed by atoms with Crippen molar-refractivity contribution in [1.82, 2.24) is 5.32 Å². The van der Waals surface area contributed by atoms with Gasteiger partial charge in [0.15, 0.2) is 0 Å². The van der Waals surface area contributed by atoms with Crippen molar-refractivity contribution in [1.29, 1.82) is 0 Å². The molecule has 1 aliphatic heterocycles. The minimum Gasteiger partial charge on any atom is -0.310 e. The van der Waals surface area contributed by atoms with Crippen LogP contribution in [0.3, 0.4) is 0 Å². The lowest BCUT2D eigenvalue weighted by Gasteiger charge is -2.17. The first kappa shape index (κ1) is 11.1. The van der Waals surface area contributed by atoms with E-state index in [0.29, 0.717) is 0 Å². The van der Waals surface area contributed by atoms with Crippen LogP contribution < -0.4 is 5.32 Å². The standard InChI is InChI=1S/C12H15BrFN/c13-9-5-6-11(14)10(8-9)12-4-2-1-3-7-15-12/h5-6,8,12,15H,1-4,7H2. The molecule has 0 amide bonds. The third kappa shape index (κ3) is 2.79. The first-order valence-corrected chi connectivity index (χ1v) is 6.25. The molecule has 0 radical (unpaired) electrons. The molecule has 1 heterocycles. The molecule has 1 aliphatic rings. The second kappa shape index (κ2) is 5.08. The van der Waals surface area contributed by atoms with E-state index in [-0.39, 0.29) is 11.9 Å². The molecule has 82 valence electrons. The third-order valence-electron chi connectivity index (χ3n) is 2.89. The van der Waals surface area contributed by atoms with Gasteiger partial charge in [-0.25, -0.2) is 4.39 Å². The monoisotopic (exact) mass is 271 g/mol. The Bertz CT molecular complexity index is 332. The van der Waals surface area contributed by atoms with Gasteiger partial charge in [-0.05, 0) is 37.6 Å². The Morgan fingerprint density at radius 1 is 1.27 bits per heavy atom. The normalized spacial score (nSPS) is 22.4. The third-order valence-corrected chi connectivity index (χ3v) is 3.39. The summed E-state index contributed by atoms with van der Waals surface area (Å²) in [7, 11) is 0. The molecule has 1 aromatic rings. The minimum atomic E-state index is -0.0994. The largest absolute Gasteiger partial charge is 0.310 e. The van der Waals surface area contributed by atoms with Gasteiger partial charge < -0.3 is 5.32 Å². The lowest BCUT2D eigenvalue weighted by atomic mass is 10.0. The maximum atomic E-state index is 13.6. The molecule has 1 aromatic carbocycles. The van der Waals surface area contributed by atoms with Crippen LogP contribution >= 0.6 is 15.9 Å². The van der Waals surface area contributed by atoms with Gasteiger partial charge in [0.2, 0.25) is 0 Å². The summed E-state index contributed by atoms with van der Waals surface area (Å²) in [6.45, 7) is 0.997. The predicted octanol–water partition coefficient (Wildman–Crippen LogP) is 3.79. The maximum absolute atomic E-state index is 13.6. The van der Waals surface area contributed by atoms with Crippen LogP contribution in [0, 0.1) is 5.82 Å². The Balaban J connectivity index is 2.22. The molecule has 1 atom stereocenters. The number of nitrogens with one attached hydrogen (secondary N) is 1. The van der Waals surface area contributed by atoms with Crippen molar-refractivity contribution >= 4 is 15.9 Å². The van der Waals surface area contributed by atoms with Gasteiger partial charge in [0.25, 0.3) is 0 Å². The molecule has 1 nitrogen and oxygen atoms in total. The van der Waals surface area contributed by atoms with Gasteiger partial charge in [0, 0.05) is 16.1 Å². The topological polar surface area (TPSA) is 12.0 Å². The molecular weight excluding hydrogens is 257 g/mol. The molecular formula is C12H15BrFN. The van der Waals surface area contributed by atoms with E-state index in [9.17, 15) is 4.39 Å². The molecule has 1 N–H and O–H groups in total. The van der Waals surface area contributed by atoms with Crippen LogP contribution in [0.2, 0.25) is 0 Å². The van der Waals surface area contributed by atoms with E-state index >= 15 is 0 Å². The van der Waals surface area contributed by atoms with E-state index < -0.39 is 0 Å². The molecule has 0 spiro atoms. The van der Waals surface area contributed by atoms with Crippen molar-refractivity contribution in [2.24, 2.45) is 0 Å². The van der Waals surface area contributed by atoms with E-state index in [1.165, 1.54) is 25.3 Å². The second-order valence-corrected chi connectivity index (χ2v) is 4.94. The first-order valence-electron chi connectivity index (χ1n) is 5.46. The summed E-state index contributed by atoms with van der Waals surface area (Å²) in [5, 5.41) is 3.41.